The largest absolute Gasteiger partial charge is 0.318 e. The molecule has 1 unspecified atom stereocenters. The minimum Gasteiger partial charge on any atom is -0.318 e. The fourth-order valence-corrected chi connectivity index (χ4v) is 2.66. The maximum Gasteiger partial charge on any atom is 0.276 e. The predicted molar refractivity (Wildman–Crippen MR) is 90.0 cm³/mol. The second kappa shape index (κ2) is 7.77. The van der Waals surface area contributed by atoms with Crippen LogP contribution in [-0.2, 0) is 0 Å². The van der Waals surface area contributed by atoms with Crippen molar-refractivity contribution in [1.29, 1.82) is 0 Å². The van der Waals surface area contributed by atoms with Gasteiger partial charge in [0.2, 0.25) is 0 Å². The monoisotopic (exact) mass is 358 g/mol. The number of anilines is 1. The molecule has 1 aliphatic heterocycles. The van der Waals surface area contributed by atoms with Crippen LogP contribution in [0.3, 0.4) is 0 Å². The van der Waals surface area contributed by atoms with Gasteiger partial charge in [-0.3, -0.25) is 9.48 Å². The zero-order chi connectivity index (χ0) is 15.5. The van der Waals surface area contributed by atoms with Gasteiger partial charge in [0.25, 0.3) is 5.91 Å². The highest BCUT2D eigenvalue weighted by Gasteiger charge is 2.18. The summed E-state index contributed by atoms with van der Waals surface area (Å²) >= 11 is 5.69. The molecule has 1 amide bonds. The van der Waals surface area contributed by atoms with Gasteiger partial charge in [-0.25, -0.2) is 4.39 Å². The Kier molecular flexibility index (Phi) is 5.98. The predicted octanol–water partition coefficient (Wildman–Crippen LogP) is 3.27. The molecule has 1 aromatic carbocycles. The Morgan fingerprint density at radius 2 is 2.26 bits per heavy atom. The summed E-state index contributed by atoms with van der Waals surface area (Å²) in [4.78, 5) is 12.1. The van der Waals surface area contributed by atoms with Gasteiger partial charge in [-0.1, -0.05) is 11.6 Å². The fraction of sp³-hybridized carbons (Fsp3) is 0.333. The van der Waals surface area contributed by atoms with E-state index in [-0.39, 0.29) is 34.9 Å². The average molecular weight is 359 g/mol. The molecule has 5 nitrogen and oxygen atoms in total. The SMILES string of the molecule is Cl.O=C(Nc1ccc(Cl)cc1F)c1ccn(C2CCCNC2)n1. The zero-order valence-corrected chi connectivity index (χ0v) is 13.8. The first-order valence-corrected chi connectivity index (χ1v) is 7.53. The van der Waals surface area contributed by atoms with Crippen LogP contribution in [0.25, 0.3) is 0 Å². The van der Waals surface area contributed by atoms with Gasteiger partial charge in [-0.15, -0.1) is 12.4 Å². The highest BCUT2D eigenvalue weighted by Crippen LogP contribution is 2.20. The number of nitrogens with zero attached hydrogens (tertiary/aromatic N) is 2. The molecule has 1 atom stereocenters. The Morgan fingerprint density at radius 3 is 2.96 bits per heavy atom. The molecule has 23 heavy (non-hydrogen) atoms. The molecule has 3 rings (SSSR count). The van der Waals surface area contributed by atoms with Crippen LogP contribution in [-0.4, -0.2) is 28.8 Å². The van der Waals surface area contributed by atoms with E-state index >= 15 is 0 Å². The third-order valence-corrected chi connectivity index (χ3v) is 3.90. The number of carbonyl (C=O) groups is 1. The van der Waals surface area contributed by atoms with E-state index in [1.165, 1.54) is 12.1 Å². The van der Waals surface area contributed by atoms with Crippen molar-refractivity contribution in [3.05, 3.63) is 47.0 Å². The quantitative estimate of drug-likeness (QED) is 0.884. The van der Waals surface area contributed by atoms with Crippen molar-refractivity contribution in [2.75, 3.05) is 18.4 Å². The summed E-state index contributed by atoms with van der Waals surface area (Å²) in [5.74, 6) is -1.01. The Bertz CT molecular complexity index is 686. The number of carbonyl (C=O) groups excluding carboxylic acids is 1. The van der Waals surface area contributed by atoms with Crippen molar-refractivity contribution in [1.82, 2.24) is 15.1 Å². The molecule has 1 aromatic heterocycles. The van der Waals surface area contributed by atoms with Crippen molar-refractivity contribution in [3.63, 3.8) is 0 Å². The molecule has 2 N–H and O–H groups in total. The first kappa shape index (κ1) is 17.7. The molecule has 1 saturated heterocycles. The Balaban J connectivity index is 0.00000192. The van der Waals surface area contributed by atoms with Crippen LogP contribution in [0, 0.1) is 5.82 Å². The van der Waals surface area contributed by atoms with E-state index in [0.29, 0.717) is 0 Å². The second-order valence-electron chi connectivity index (χ2n) is 5.26. The van der Waals surface area contributed by atoms with Crippen LogP contribution in [0.5, 0.6) is 0 Å². The van der Waals surface area contributed by atoms with Crippen LogP contribution >= 0.6 is 24.0 Å². The molecule has 0 aliphatic carbocycles. The number of amides is 1. The molecule has 0 saturated carbocycles. The van der Waals surface area contributed by atoms with Crippen LogP contribution in [0.1, 0.15) is 29.4 Å². The van der Waals surface area contributed by atoms with Gasteiger partial charge in [0.15, 0.2) is 5.69 Å². The number of aromatic nitrogens is 2. The maximum atomic E-state index is 13.7. The number of hydrogen-bond donors (Lipinski definition) is 2. The fourth-order valence-electron chi connectivity index (χ4n) is 2.50. The summed E-state index contributed by atoms with van der Waals surface area (Å²) in [6.45, 7) is 1.86. The lowest BCUT2D eigenvalue weighted by Crippen LogP contribution is -2.32. The van der Waals surface area contributed by atoms with Crippen molar-refractivity contribution in [2.24, 2.45) is 0 Å². The summed E-state index contributed by atoms with van der Waals surface area (Å²) in [7, 11) is 0. The lowest BCUT2D eigenvalue weighted by Gasteiger charge is -2.22. The third-order valence-electron chi connectivity index (χ3n) is 3.67. The van der Waals surface area contributed by atoms with Crippen molar-refractivity contribution >= 4 is 35.6 Å². The van der Waals surface area contributed by atoms with Crippen LogP contribution in [0.2, 0.25) is 5.02 Å². The van der Waals surface area contributed by atoms with Gasteiger partial charge < -0.3 is 10.6 Å². The van der Waals surface area contributed by atoms with Crippen LogP contribution in [0.4, 0.5) is 10.1 Å². The standard InChI is InChI=1S/C15H16ClFN4O.ClH/c16-10-3-4-13(12(17)8-10)19-15(22)14-5-7-21(20-14)11-2-1-6-18-9-11;/h3-5,7-8,11,18H,1-2,6,9H2,(H,19,22);1H. The van der Waals surface area contributed by atoms with E-state index in [0.717, 1.165) is 32.0 Å². The number of hydrogen-bond acceptors (Lipinski definition) is 3. The Labute approximate surface area is 144 Å². The summed E-state index contributed by atoms with van der Waals surface area (Å²) in [5, 5.41) is 10.4. The van der Waals surface area contributed by atoms with E-state index in [9.17, 15) is 9.18 Å². The minimum atomic E-state index is -0.572. The Hall–Kier alpha value is -1.63. The second-order valence-corrected chi connectivity index (χ2v) is 5.70. The van der Waals surface area contributed by atoms with Crippen molar-refractivity contribution in [3.8, 4) is 0 Å². The number of piperidine rings is 1. The average Bonchev–Trinajstić information content (AvgIpc) is 3.01. The molecule has 0 radical (unpaired) electrons. The van der Waals surface area contributed by atoms with Crippen molar-refractivity contribution in [2.45, 2.75) is 18.9 Å². The van der Waals surface area contributed by atoms with Gasteiger partial charge in [0.05, 0.1) is 11.7 Å². The summed E-state index contributed by atoms with van der Waals surface area (Å²) < 4.78 is 15.5. The summed E-state index contributed by atoms with van der Waals surface area (Å²) in [6, 6.07) is 5.99. The van der Waals surface area contributed by atoms with E-state index in [1.54, 1.807) is 16.9 Å². The molecular weight excluding hydrogens is 342 g/mol. The molecular formula is C15H17Cl2FN4O. The molecule has 1 fully saturated rings. The first-order chi connectivity index (χ1) is 10.6. The van der Waals surface area contributed by atoms with E-state index in [1.807, 2.05) is 0 Å². The highest BCUT2D eigenvalue weighted by molar-refractivity contribution is 6.30. The third kappa shape index (κ3) is 4.22. The molecule has 0 bridgehead atoms. The smallest absolute Gasteiger partial charge is 0.276 e. The number of nitrogens with one attached hydrogen (secondary N) is 2. The molecule has 124 valence electrons. The van der Waals surface area contributed by atoms with Gasteiger partial charge in [-0.2, -0.15) is 5.10 Å². The number of benzene rings is 1. The Morgan fingerprint density at radius 1 is 1.43 bits per heavy atom. The topological polar surface area (TPSA) is 59.0 Å². The zero-order valence-electron chi connectivity index (χ0n) is 12.3. The summed E-state index contributed by atoms with van der Waals surface area (Å²) in [5.41, 5.74) is 0.350. The molecule has 2 aromatic rings. The van der Waals surface area contributed by atoms with Gasteiger partial charge >= 0.3 is 0 Å². The molecule has 8 heteroatoms. The van der Waals surface area contributed by atoms with E-state index in [2.05, 4.69) is 15.7 Å². The van der Waals surface area contributed by atoms with Crippen LogP contribution < -0.4 is 10.6 Å². The first-order valence-electron chi connectivity index (χ1n) is 7.16. The number of halogens is 3. The highest BCUT2D eigenvalue weighted by atomic mass is 35.5. The van der Waals surface area contributed by atoms with Gasteiger partial charge in [-0.05, 0) is 43.7 Å². The van der Waals surface area contributed by atoms with Gasteiger partial charge in [0, 0.05) is 17.8 Å². The normalized spacial score (nSPS) is 17.4. The number of rotatable bonds is 3. The van der Waals surface area contributed by atoms with Crippen molar-refractivity contribution < 1.29 is 9.18 Å². The minimum absolute atomic E-state index is 0. The van der Waals surface area contributed by atoms with E-state index < -0.39 is 11.7 Å². The molecule has 0 spiro atoms. The van der Waals surface area contributed by atoms with Crippen LogP contribution in [0.15, 0.2) is 30.5 Å². The lowest BCUT2D eigenvalue weighted by molar-refractivity contribution is 0.102. The maximum absolute atomic E-state index is 13.7. The molecule has 1 aliphatic rings. The van der Waals surface area contributed by atoms with Gasteiger partial charge in [0.1, 0.15) is 5.82 Å². The molecule has 2 heterocycles. The summed E-state index contributed by atoms with van der Waals surface area (Å²) in [6.07, 6.45) is 3.90. The van der Waals surface area contributed by atoms with E-state index in [4.69, 9.17) is 11.6 Å². The lowest BCUT2D eigenvalue weighted by atomic mass is 10.1.